The van der Waals surface area contributed by atoms with Crippen LogP contribution in [0.3, 0.4) is 0 Å². The molecule has 0 radical (unpaired) electrons. The Bertz CT molecular complexity index is 429. The minimum Gasteiger partial charge on any atom is -0.351 e. The summed E-state index contributed by atoms with van der Waals surface area (Å²) < 4.78 is 0. The summed E-state index contributed by atoms with van der Waals surface area (Å²) in [5, 5.41) is 3.22. The predicted octanol–water partition coefficient (Wildman–Crippen LogP) is 1.99. The van der Waals surface area contributed by atoms with Crippen molar-refractivity contribution in [3.05, 3.63) is 30.3 Å². The van der Waals surface area contributed by atoms with Gasteiger partial charge in [-0.25, -0.2) is 0 Å². The maximum absolute atomic E-state index is 12.0. The van der Waals surface area contributed by atoms with Crippen molar-refractivity contribution >= 4 is 17.7 Å². The fraction of sp³-hybridized carbons (Fsp3) is 0.533. The molecule has 0 aromatic heterocycles. The molecule has 3 aliphatic rings. The molecule has 19 heavy (non-hydrogen) atoms. The molecule has 3 fully saturated rings. The molecule has 1 amide bonds. The fourth-order valence-corrected chi connectivity index (χ4v) is 3.77. The van der Waals surface area contributed by atoms with E-state index in [1.165, 1.54) is 25.9 Å². The molecule has 1 aromatic rings. The number of nitrogens with zero attached hydrogens (tertiary/aromatic N) is 1. The summed E-state index contributed by atoms with van der Waals surface area (Å²) in [5.41, 5.74) is 0. The number of rotatable bonds is 4. The Morgan fingerprint density at radius 3 is 2.63 bits per heavy atom. The Hall–Kier alpha value is -1.00. The lowest BCUT2D eigenvalue weighted by Crippen LogP contribution is -2.57. The standard InChI is InChI=1S/C15H20N2OS/c18-15(11-19-13-4-2-1-3-5-13)16-14-10-17-8-6-12(14)7-9-17/h1-5,12,14H,6-11H2,(H,16,18). The zero-order chi connectivity index (χ0) is 13.1. The zero-order valence-corrected chi connectivity index (χ0v) is 11.9. The van der Waals surface area contributed by atoms with Gasteiger partial charge in [0.05, 0.1) is 5.75 Å². The van der Waals surface area contributed by atoms with Gasteiger partial charge in [-0.05, 0) is 44.0 Å². The molecule has 1 unspecified atom stereocenters. The summed E-state index contributed by atoms with van der Waals surface area (Å²) >= 11 is 1.61. The lowest BCUT2D eigenvalue weighted by molar-refractivity contribution is -0.120. The Kier molecular flexibility index (Phi) is 4.09. The number of piperidine rings is 3. The molecule has 0 spiro atoms. The van der Waals surface area contributed by atoms with Crippen LogP contribution in [0.15, 0.2) is 35.2 Å². The third-order valence-corrected chi connectivity index (χ3v) is 5.13. The van der Waals surface area contributed by atoms with Crippen LogP contribution in [0.25, 0.3) is 0 Å². The van der Waals surface area contributed by atoms with Crippen molar-refractivity contribution in [3.63, 3.8) is 0 Å². The molecule has 3 heterocycles. The quantitative estimate of drug-likeness (QED) is 0.854. The van der Waals surface area contributed by atoms with Gasteiger partial charge in [-0.3, -0.25) is 4.79 Å². The van der Waals surface area contributed by atoms with Crippen molar-refractivity contribution in [2.45, 2.75) is 23.8 Å². The molecule has 4 rings (SSSR count). The SMILES string of the molecule is O=C(CSc1ccccc1)NC1CN2CCC1CC2. The minimum atomic E-state index is 0.174. The average Bonchev–Trinajstić information content (AvgIpc) is 2.47. The Morgan fingerprint density at radius 2 is 2.00 bits per heavy atom. The molecule has 4 heteroatoms. The molecule has 0 aliphatic carbocycles. The van der Waals surface area contributed by atoms with Crippen molar-refractivity contribution in [3.8, 4) is 0 Å². The maximum Gasteiger partial charge on any atom is 0.230 e. The number of amides is 1. The fourth-order valence-electron chi connectivity index (χ4n) is 3.04. The zero-order valence-electron chi connectivity index (χ0n) is 11.0. The summed E-state index contributed by atoms with van der Waals surface area (Å²) in [6.45, 7) is 3.48. The van der Waals surface area contributed by atoms with E-state index in [9.17, 15) is 4.79 Å². The summed E-state index contributed by atoms with van der Waals surface area (Å²) in [5.74, 6) is 1.40. The number of nitrogens with one attached hydrogen (secondary N) is 1. The van der Waals surface area contributed by atoms with Gasteiger partial charge in [-0.2, -0.15) is 0 Å². The number of hydrogen-bond donors (Lipinski definition) is 1. The lowest BCUT2D eigenvalue weighted by Gasteiger charge is -2.44. The normalized spacial score (nSPS) is 29.2. The predicted molar refractivity (Wildman–Crippen MR) is 78.3 cm³/mol. The molecule has 3 saturated heterocycles. The molecule has 102 valence electrons. The monoisotopic (exact) mass is 276 g/mol. The highest BCUT2D eigenvalue weighted by Crippen LogP contribution is 2.27. The molecule has 2 bridgehead atoms. The smallest absolute Gasteiger partial charge is 0.230 e. The van der Waals surface area contributed by atoms with Crippen molar-refractivity contribution in [1.29, 1.82) is 0 Å². The summed E-state index contributed by atoms with van der Waals surface area (Å²) in [6, 6.07) is 10.5. The van der Waals surface area contributed by atoms with Gasteiger partial charge in [0.2, 0.25) is 5.91 Å². The number of fused-ring (bicyclic) bond motifs is 3. The molecule has 0 saturated carbocycles. The first-order chi connectivity index (χ1) is 9.31. The Balaban J connectivity index is 1.46. The van der Waals surface area contributed by atoms with Crippen molar-refractivity contribution < 1.29 is 4.79 Å². The third-order valence-electron chi connectivity index (χ3n) is 4.12. The van der Waals surface area contributed by atoms with Gasteiger partial charge in [0.1, 0.15) is 0 Å². The number of thioether (sulfide) groups is 1. The van der Waals surface area contributed by atoms with Gasteiger partial charge < -0.3 is 10.2 Å². The number of carbonyl (C=O) groups is 1. The van der Waals surface area contributed by atoms with E-state index in [0.717, 1.165) is 11.4 Å². The first-order valence-corrected chi connectivity index (χ1v) is 7.99. The molecule has 1 atom stereocenters. The minimum absolute atomic E-state index is 0.174. The van der Waals surface area contributed by atoms with Gasteiger partial charge >= 0.3 is 0 Å². The van der Waals surface area contributed by atoms with Gasteiger partial charge in [0.15, 0.2) is 0 Å². The van der Waals surface area contributed by atoms with E-state index in [2.05, 4.69) is 10.2 Å². The molecule has 1 N–H and O–H groups in total. The topological polar surface area (TPSA) is 32.3 Å². The van der Waals surface area contributed by atoms with Crippen LogP contribution in [0.1, 0.15) is 12.8 Å². The first kappa shape index (κ1) is 13.0. The van der Waals surface area contributed by atoms with Crippen LogP contribution in [-0.4, -0.2) is 42.2 Å². The van der Waals surface area contributed by atoms with E-state index in [-0.39, 0.29) is 5.91 Å². The van der Waals surface area contributed by atoms with Crippen LogP contribution in [-0.2, 0) is 4.79 Å². The van der Waals surface area contributed by atoms with Gasteiger partial charge in [-0.1, -0.05) is 18.2 Å². The number of hydrogen-bond acceptors (Lipinski definition) is 3. The van der Waals surface area contributed by atoms with E-state index in [0.29, 0.717) is 17.7 Å². The van der Waals surface area contributed by atoms with E-state index in [1.807, 2.05) is 30.3 Å². The van der Waals surface area contributed by atoms with Crippen LogP contribution in [0.4, 0.5) is 0 Å². The first-order valence-electron chi connectivity index (χ1n) is 7.01. The van der Waals surface area contributed by atoms with Crippen LogP contribution in [0.5, 0.6) is 0 Å². The number of benzene rings is 1. The van der Waals surface area contributed by atoms with Crippen LogP contribution in [0.2, 0.25) is 0 Å². The summed E-state index contributed by atoms with van der Waals surface area (Å²) in [7, 11) is 0. The van der Waals surface area contributed by atoms with Gasteiger partial charge in [0, 0.05) is 17.5 Å². The second-order valence-corrected chi connectivity index (χ2v) is 6.46. The number of carbonyl (C=O) groups excluding carboxylic acids is 1. The molecule has 3 nitrogen and oxygen atoms in total. The van der Waals surface area contributed by atoms with E-state index >= 15 is 0 Å². The molecular formula is C15H20N2OS. The van der Waals surface area contributed by atoms with Crippen LogP contribution in [0, 0.1) is 5.92 Å². The van der Waals surface area contributed by atoms with Gasteiger partial charge in [0.25, 0.3) is 0 Å². The average molecular weight is 276 g/mol. The van der Waals surface area contributed by atoms with E-state index < -0.39 is 0 Å². The molecule has 3 aliphatic heterocycles. The highest BCUT2D eigenvalue weighted by molar-refractivity contribution is 8.00. The second-order valence-electron chi connectivity index (χ2n) is 5.41. The highest BCUT2D eigenvalue weighted by atomic mass is 32.2. The Morgan fingerprint density at radius 1 is 1.26 bits per heavy atom. The highest BCUT2D eigenvalue weighted by Gasteiger charge is 2.34. The van der Waals surface area contributed by atoms with Crippen molar-refractivity contribution in [1.82, 2.24) is 10.2 Å². The van der Waals surface area contributed by atoms with Crippen LogP contribution < -0.4 is 5.32 Å². The summed E-state index contributed by atoms with van der Waals surface area (Å²) in [4.78, 5) is 15.6. The summed E-state index contributed by atoms with van der Waals surface area (Å²) in [6.07, 6.45) is 2.49. The molecule has 1 aromatic carbocycles. The van der Waals surface area contributed by atoms with E-state index in [1.54, 1.807) is 11.8 Å². The van der Waals surface area contributed by atoms with E-state index in [4.69, 9.17) is 0 Å². The van der Waals surface area contributed by atoms with Crippen LogP contribution >= 0.6 is 11.8 Å². The largest absolute Gasteiger partial charge is 0.351 e. The lowest BCUT2D eigenvalue weighted by atomic mass is 9.84. The molecular weight excluding hydrogens is 256 g/mol. The van der Waals surface area contributed by atoms with Crippen molar-refractivity contribution in [2.24, 2.45) is 5.92 Å². The third kappa shape index (κ3) is 3.31. The maximum atomic E-state index is 12.0. The second kappa shape index (κ2) is 5.97. The Labute approximate surface area is 118 Å². The van der Waals surface area contributed by atoms with Gasteiger partial charge in [-0.15, -0.1) is 11.8 Å². The van der Waals surface area contributed by atoms with Crippen molar-refractivity contribution in [2.75, 3.05) is 25.4 Å².